The van der Waals surface area contributed by atoms with Gasteiger partial charge in [-0.3, -0.25) is 0 Å². The Labute approximate surface area is 345 Å². The topological polar surface area (TPSA) is 8.17 Å². The van der Waals surface area contributed by atoms with E-state index in [1.54, 1.807) is 0 Å². The van der Waals surface area contributed by atoms with E-state index in [4.69, 9.17) is 0 Å². The summed E-state index contributed by atoms with van der Waals surface area (Å²) in [5, 5.41) is 1.17. The number of allylic oxidation sites excluding steroid dienone is 6. The van der Waals surface area contributed by atoms with Crippen molar-refractivity contribution in [1.29, 1.82) is 0 Å². The molecule has 7 aromatic rings. The molecule has 0 saturated carbocycles. The molecule has 0 amide bonds. The van der Waals surface area contributed by atoms with Crippen LogP contribution in [0.15, 0.2) is 183 Å². The maximum absolute atomic E-state index is 4.47. The molecular weight excluding hydrogens is 701 g/mol. The molecule has 0 saturated heterocycles. The SMILES string of the molecule is C=Cc1c(/C=C\C)c(N(c2ccc(-c3ccccc3)cc2)c2ccccc2-c2ccccc2)cc2c1c(/C=C\C)c(C=C)n2C1=CC=C(c2ccccc2)CC1.CC. The smallest absolute Gasteiger partial charge is 0.0565 e. The van der Waals surface area contributed by atoms with Crippen LogP contribution in [-0.4, -0.2) is 4.57 Å². The summed E-state index contributed by atoms with van der Waals surface area (Å²) in [5.74, 6) is 0. The first-order valence-corrected chi connectivity index (χ1v) is 20.5. The largest absolute Gasteiger partial charge is 0.313 e. The fourth-order valence-electron chi connectivity index (χ4n) is 8.19. The van der Waals surface area contributed by atoms with Crippen molar-refractivity contribution in [2.24, 2.45) is 0 Å². The monoisotopic (exact) mass is 752 g/mol. The lowest BCUT2D eigenvalue weighted by Gasteiger charge is -2.31. The van der Waals surface area contributed by atoms with Gasteiger partial charge in [-0.25, -0.2) is 0 Å². The molecule has 1 aliphatic carbocycles. The van der Waals surface area contributed by atoms with Crippen molar-refractivity contribution in [3.05, 3.63) is 211 Å². The highest BCUT2D eigenvalue weighted by Crippen LogP contribution is 2.48. The zero-order valence-electron chi connectivity index (χ0n) is 34.2. The summed E-state index contributed by atoms with van der Waals surface area (Å²) in [4.78, 5) is 2.43. The summed E-state index contributed by atoms with van der Waals surface area (Å²) < 4.78 is 2.44. The molecule has 0 aliphatic heterocycles. The zero-order valence-corrected chi connectivity index (χ0v) is 34.2. The Morgan fingerprint density at radius 3 is 1.69 bits per heavy atom. The molecule has 1 heterocycles. The molecule has 0 bridgehead atoms. The highest BCUT2D eigenvalue weighted by atomic mass is 15.2. The number of nitrogens with zero attached hydrogens (tertiary/aromatic N) is 2. The predicted octanol–water partition coefficient (Wildman–Crippen LogP) is 16.5. The summed E-state index contributed by atoms with van der Waals surface area (Å²) in [7, 11) is 0. The van der Waals surface area contributed by atoms with Crippen LogP contribution in [-0.2, 0) is 0 Å². The van der Waals surface area contributed by atoms with Crippen molar-refractivity contribution >= 4 is 63.5 Å². The lowest BCUT2D eigenvalue weighted by atomic mass is 9.94. The van der Waals surface area contributed by atoms with E-state index >= 15 is 0 Å². The fraction of sp³-hybridized carbons (Fsp3) is 0.107. The van der Waals surface area contributed by atoms with Crippen LogP contribution in [0.25, 0.3) is 68.7 Å². The first-order valence-electron chi connectivity index (χ1n) is 20.5. The van der Waals surface area contributed by atoms with Crippen LogP contribution >= 0.6 is 0 Å². The lowest BCUT2D eigenvalue weighted by molar-refractivity contribution is 0.968. The Morgan fingerprint density at radius 1 is 0.534 bits per heavy atom. The molecule has 6 aromatic carbocycles. The summed E-state index contributed by atoms with van der Waals surface area (Å²) in [6.45, 7) is 17.0. The van der Waals surface area contributed by atoms with Gasteiger partial charge in [0.15, 0.2) is 0 Å². The molecule has 2 nitrogen and oxygen atoms in total. The molecule has 1 aliphatic rings. The van der Waals surface area contributed by atoms with Gasteiger partial charge < -0.3 is 9.47 Å². The maximum Gasteiger partial charge on any atom is 0.0565 e. The molecule has 2 heteroatoms. The number of anilines is 3. The van der Waals surface area contributed by atoms with Gasteiger partial charge in [0.25, 0.3) is 0 Å². The Hall–Kier alpha value is -6.90. The van der Waals surface area contributed by atoms with Crippen molar-refractivity contribution in [3.8, 4) is 22.3 Å². The molecule has 0 spiro atoms. The third kappa shape index (κ3) is 7.62. The Balaban J connectivity index is 0.00000252. The van der Waals surface area contributed by atoms with Gasteiger partial charge in [-0.2, -0.15) is 0 Å². The van der Waals surface area contributed by atoms with Crippen LogP contribution in [0.1, 0.15) is 68.5 Å². The van der Waals surface area contributed by atoms with Crippen molar-refractivity contribution in [2.45, 2.75) is 40.5 Å². The first-order chi connectivity index (χ1) is 28.6. The number of hydrogen-bond donors (Lipinski definition) is 0. The highest BCUT2D eigenvalue weighted by Gasteiger charge is 2.27. The Morgan fingerprint density at radius 2 is 1.10 bits per heavy atom. The van der Waals surface area contributed by atoms with E-state index in [9.17, 15) is 0 Å². The minimum atomic E-state index is 0.900. The molecule has 0 radical (unpaired) electrons. The van der Waals surface area contributed by atoms with E-state index in [1.165, 1.54) is 33.3 Å². The normalized spacial score (nSPS) is 12.6. The summed E-state index contributed by atoms with van der Waals surface area (Å²) in [6.07, 6.45) is 19.2. The lowest BCUT2D eigenvalue weighted by Crippen LogP contribution is -2.14. The average Bonchev–Trinajstić information content (AvgIpc) is 3.61. The Bertz CT molecular complexity index is 2650. The van der Waals surface area contributed by atoms with E-state index in [2.05, 4.69) is 219 Å². The van der Waals surface area contributed by atoms with E-state index in [-0.39, 0.29) is 0 Å². The number of aromatic nitrogens is 1. The second-order valence-electron chi connectivity index (χ2n) is 14.0. The zero-order chi connectivity index (χ0) is 40.4. The summed E-state index contributed by atoms with van der Waals surface area (Å²) in [5.41, 5.74) is 17.3. The summed E-state index contributed by atoms with van der Waals surface area (Å²) in [6, 6.07) is 52.1. The van der Waals surface area contributed by atoms with Crippen LogP contribution in [0.3, 0.4) is 0 Å². The average molecular weight is 753 g/mol. The molecule has 8 rings (SSSR count). The van der Waals surface area contributed by atoms with Gasteiger partial charge in [-0.1, -0.05) is 185 Å². The van der Waals surface area contributed by atoms with E-state index in [0.29, 0.717) is 0 Å². The standard InChI is InChI=1S/C54H46N2.C2H6/c1-5-20-48-46(7-3)54-49(21-6-2)50(8-4)55(44-34-30-41(31-35-44)39-22-12-9-13-23-39)53(54)38-52(48)56(45-36-32-42(33-37-45)40-24-14-10-15-25-40)51-29-19-18-28-47(51)43-26-16-11-17-27-43;1-2/h5-30,32-34,36-38H,3-4,31,35H2,1-2H3;1-2H3/b20-5-,21-6-;. The van der Waals surface area contributed by atoms with E-state index in [0.717, 1.165) is 68.9 Å². The third-order valence-corrected chi connectivity index (χ3v) is 10.7. The minimum absolute atomic E-state index is 0.900. The maximum atomic E-state index is 4.47. The van der Waals surface area contributed by atoms with Gasteiger partial charge in [0.2, 0.25) is 0 Å². The van der Waals surface area contributed by atoms with Crippen LogP contribution in [0.2, 0.25) is 0 Å². The van der Waals surface area contributed by atoms with E-state index < -0.39 is 0 Å². The third-order valence-electron chi connectivity index (χ3n) is 10.7. The first kappa shape index (κ1) is 39.3. The van der Waals surface area contributed by atoms with Gasteiger partial charge in [-0.05, 0) is 96.5 Å². The Kier molecular flexibility index (Phi) is 12.5. The van der Waals surface area contributed by atoms with Gasteiger partial charge in [0.05, 0.1) is 22.6 Å². The van der Waals surface area contributed by atoms with Crippen LogP contribution in [0, 0.1) is 0 Å². The number of benzene rings is 6. The highest BCUT2D eigenvalue weighted by molar-refractivity contribution is 6.08. The van der Waals surface area contributed by atoms with Gasteiger partial charge in [0.1, 0.15) is 0 Å². The molecule has 0 N–H and O–H groups in total. The van der Waals surface area contributed by atoms with Crippen molar-refractivity contribution in [2.75, 3.05) is 4.90 Å². The van der Waals surface area contributed by atoms with Crippen molar-refractivity contribution in [1.82, 2.24) is 4.57 Å². The number of hydrogen-bond acceptors (Lipinski definition) is 1. The molecule has 0 unspecified atom stereocenters. The van der Waals surface area contributed by atoms with Gasteiger partial charge in [0, 0.05) is 33.5 Å². The van der Waals surface area contributed by atoms with Crippen LogP contribution in [0.4, 0.5) is 17.1 Å². The molecule has 286 valence electrons. The minimum Gasteiger partial charge on any atom is -0.313 e. The number of fused-ring (bicyclic) bond motifs is 1. The molecular formula is C56H52N2. The second-order valence-corrected chi connectivity index (χ2v) is 14.0. The quantitative estimate of drug-likeness (QED) is 0.128. The number of para-hydroxylation sites is 1. The van der Waals surface area contributed by atoms with Gasteiger partial charge in [-0.15, -0.1) is 0 Å². The van der Waals surface area contributed by atoms with Crippen molar-refractivity contribution in [3.63, 3.8) is 0 Å². The van der Waals surface area contributed by atoms with Crippen LogP contribution < -0.4 is 4.90 Å². The number of rotatable bonds is 11. The fourth-order valence-corrected chi connectivity index (χ4v) is 8.19. The second kappa shape index (κ2) is 18.4. The van der Waals surface area contributed by atoms with Gasteiger partial charge >= 0.3 is 0 Å². The predicted molar refractivity (Wildman–Crippen MR) is 256 cm³/mol. The van der Waals surface area contributed by atoms with E-state index in [1.807, 2.05) is 26.0 Å². The summed E-state index contributed by atoms with van der Waals surface area (Å²) >= 11 is 0. The van der Waals surface area contributed by atoms with Crippen LogP contribution in [0.5, 0.6) is 0 Å². The molecule has 0 atom stereocenters. The van der Waals surface area contributed by atoms with Crippen molar-refractivity contribution < 1.29 is 0 Å². The molecule has 0 fully saturated rings. The molecule has 1 aromatic heterocycles. The molecule has 58 heavy (non-hydrogen) atoms.